The first-order chi connectivity index (χ1) is 15.4. The SMILES string of the molecule is CC1COCC(C)N1c1cc2c(C(=O)NCC(=O)N3CSCC3C#N)ccnc2cc1Br. The Morgan fingerprint density at radius 2 is 2.09 bits per heavy atom. The Morgan fingerprint density at radius 3 is 2.81 bits per heavy atom. The topological polar surface area (TPSA) is 98.6 Å². The maximum Gasteiger partial charge on any atom is 0.252 e. The van der Waals surface area contributed by atoms with Crippen LogP contribution in [0.4, 0.5) is 5.69 Å². The highest BCUT2D eigenvalue weighted by Crippen LogP contribution is 2.35. The molecule has 4 rings (SSSR count). The van der Waals surface area contributed by atoms with Crippen molar-refractivity contribution in [3.05, 3.63) is 34.4 Å². The molecule has 10 heteroatoms. The molecule has 2 aliphatic rings. The zero-order valence-electron chi connectivity index (χ0n) is 17.9. The van der Waals surface area contributed by atoms with Crippen LogP contribution in [0.25, 0.3) is 10.9 Å². The number of amides is 2. The predicted molar refractivity (Wildman–Crippen MR) is 128 cm³/mol. The average Bonchev–Trinajstić information content (AvgIpc) is 3.26. The molecule has 2 aromatic rings. The second-order valence-corrected chi connectivity index (χ2v) is 9.87. The zero-order chi connectivity index (χ0) is 22.8. The Labute approximate surface area is 199 Å². The third kappa shape index (κ3) is 4.42. The van der Waals surface area contributed by atoms with E-state index in [1.54, 1.807) is 12.3 Å². The number of aromatic nitrogens is 1. The highest BCUT2D eigenvalue weighted by atomic mass is 79.9. The van der Waals surface area contributed by atoms with Crippen molar-refractivity contribution in [2.45, 2.75) is 32.0 Å². The van der Waals surface area contributed by atoms with Gasteiger partial charge in [-0.25, -0.2) is 0 Å². The number of carbonyl (C=O) groups excluding carboxylic acids is 2. The minimum atomic E-state index is -0.441. The Hall–Kier alpha value is -2.35. The van der Waals surface area contributed by atoms with Crippen LogP contribution in [0.2, 0.25) is 0 Å². The number of benzene rings is 1. The molecule has 2 saturated heterocycles. The van der Waals surface area contributed by atoms with Gasteiger partial charge in [-0.2, -0.15) is 5.26 Å². The van der Waals surface area contributed by atoms with Crippen molar-refractivity contribution in [1.82, 2.24) is 15.2 Å². The number of nitriles is 1. The van der Waals surface area contributed by atoms with Gasteiger partial charge in [0.2, 0.25) is 5.91 Å². The van der Waals surface area contributed by atoms with Crippen LogP contribution < -0.4 is 10.2 Å². The van der Waals surface area contributed by atoms with Gasteiger partial charge in [-0.05, 0) is 48.0 Å². The first-order valence-electron chi connectivity index (χ1n) is 10.4. The summed E-state index contributed by atoms with van der Waals surface area (Å²) in [6.07, 6.45) is 1.59. The number of thioether (sulfide) groups is 1. The Bertz CT molecular complexity index is 1080. The number of fused-ring (bicyclic) bond motifs is 1. The second-order valence-electron chi connectivity index (χ2n) is 8.01. The molecule has 1 N–H and O–H groups in total. The summed E-state index contributed by atoms with van der Waals surface area (Å²) in [4.78, 5) is 33.7. The monoisotopic (exact) mass is 517 g/mol. The smallest absolute Gasteiger partial charge is 0.252 e. The Balaban J connectivity index is 1.59. The van der Waals surface area contributed by atoms with Crippen molar-refractivity contribution < 1.29 is 14.3 Å². The number of hydrogen-bond donors (Lipinski definition) is 1. The number of pyridine rings is 1. The van der Waals surface area contributed by atoms with Gasteiger partial charge in [0.25, 0.3) is 5.91 Å². The summed E-state index contributed by atoms with van der Waals surface area (Å²) in [5.41, 5.74) is 2.12. The molecule has 3 atom stereocenters. The molecule has 2 amide bonds. The van der Waals surface area contributed by atoms with Crippen molar-refractivity contribution in [3.8, 4) is 6.07 Å². The largest absolute Gasteiger partial charge is 0.377 e. The zero-order valence-corrected chi connectivity index (χ0v) is 20.3. The maximum absolute atomic E-state index is 13.0. The molecule has 3 heterocycles. The van der Waals surface area contributed by atoms with Gasteiger partial charge in [-0.15, -0.1) is 11.8 Å². The summed E-state index contributed by atoms with van der Waals surface area (Å²) < 4.78 is 6.56. The van der Waals surface area contributed by atoms with E-state index in [1.165, 1.54) is 16.7 Å². The van der Waals surface area contributed by atoms with E-state index in [4.69, 9.17) is 4.74 Å². The molecule has 3 unspecified atom stereocenters. The van der Waals surface area contributed by atoms with Gasteiger partial charge in [0.15, 0.2) is 0 Å². The molecule has 1 aromatic carbocycles. The number of ether oxygens (including phenoxy) is 1. The molecule has 0 radical (unpaired) electrons. The summed E-state index contributed by atoms with van der Waals surface area (Å²) in [5, 5.41) is 12.6. The molecular weight excluding hydrogens is 494 g/mol. The molecular formula is C22H24BrN5O3S. The maximum atomic E-state index is 13.0. The fourth-order valence-corrected chi connectivity index (χ4v) is 5.82. The molecule has 2 aliphatic heterocycles. The number of anilines is 1. The van der Waals surface area contributed by atoms with Gasteiger partial charge in [0.05, 0.1) is 48.5 Å². The molecule has 1 aromatic heterocycles. The molecule has 2 fully saturated rings. The number of morpholine rings is 1. The number of rotatable bonds is 4. The highest BCUT2D eigenvalue weighted by molar-refractivity contribution is 9.10. The predicted octanol–water partition coefficient (Wildman–Crippen LogP) is 2.77. The molecule has 0 bridgehead atoms. The van der Waals surface area contributed by atoms with E-state index in [1.807, 2.05) is 12.1 Å². The van der Waals surface area contributed by atoms with Crippen LogP contribution in [0.5, 0.6) is 0 Å². The summed E-state index contributed by atoms with van der Waals surface area (Å²) in [6.45, 7) is 5.34. The number of nitrogens with one attached hydrogen (secondary N) is 1. The minimum Gasteiger partial charge on any atom is -0.377 e. The summed E-state index contributed by atoms with van der Waals surface area (Å²) in [5.74, 6) is 0.467. The van der Waals surface area contributed by atoms with Gasteiger partial charge in [0.1, 0.15) is 6.04 Å². The van der Waals surface area contributed by atoms with Gasteiger partial charge in [-0.3, -0.25) is 14.6 Å². The van der Waals surface area contributed by atoms with E-state index in [0.29, 0.717) is 41.3 Å². The Kier molecular flexibility index (Phi) is 6.88. The molecule has 0 aliphatic carbocycles. The van der Waals surface area contributed by atoms with Crippen LogP contribution in [-0.2, 0) is 9.53 Å². The number of nitrogens with zero attached hydrogens (tertiary/aromatic N) is 4. The van der Waals surface area contributed by atoms with Crippen LogP contribution in [-0.4, -0.2) is 71.2 Å². The lowest BCUT2D eigenvalue weighted by molar-refractivity contribution is -0.129. The third-order valence-corrected chi connectivity index (χ3v) is 7.40. The van der Waals surface area contributed by atoms with Crippen molar-refractivity contribution in [2.24, 2.45) is 0 Å². The summed E-state index contributed by atoms with van der Waals surface area (Å²) >= 11 is 5.20. The fraction of sp³-hybridized carbons (Fsp3) is 0.455. The molecule has 168 valence electrons. The first kappa shape index (κ1) is 22.8. The second kappa shape index (κ2) is 9.65. The first-order valence-corrected chi connectivity index (χ1v) is 12.3. The van der Waals surface area contributed by atoms with E-state index < -0.39 is 6.04 Å². The molecule has 32 heavy (non-hydrogen) atoms. The van der Waals surface area contributed by atoms with E-state index in [-0.39, 0.29) is 30.4 Å². The molecule has 0 saturated carbocycles. The van der Waals surface area contributed by atoms with Crippen molar-refractivity contribution >= 4 is 56.1 Å². The number of halogens is 1. The quantitative estimate of drug-likeness (QED) is 0.665. The van der Waals surface area contributed by atoms with Crippen LogP contribution in [0.3, 0.4) is 0 Å². The standard InChI is InChI=1S/C22H24BrN5O3S/c1-13-9-31-10-14(2)28(13)20-5-17-16(3-4-25-19(17)6-18(20)23)22(30)26-8-21(29)27-12-32-11-15(27)7-24/h3-6,13-15H,8-12H2,1-2H3,(H,26,30). The number of carbonyl (C=O) groups is 2. The van der Waals surface area contributed by atoms with Crippen molar-refractivity contribution in [2.75, 3.05) is 36.3 Å². The Morgan fingerprint density at radius 1 is 1.34 bits per heavy atom. The average molecular weight is 518 g/mol. The highest BCUT2D eigenvalue weighted by Gasteiger charge is 2.30. The lowest BCUT2D eigenvalue weighted by Gasteiger charge is -2.41. The number of hydrogen-bond acceptors (Lipinski definition) is 7. The minimum absolute atomic E-state index is 0.150. The van der Waals surface area contributed by atoms with Crippen LogP contribution in [0, 0.1) is 11.3 Å². The van der Waals surface area contributed by atoms with Crippen molar-refractivity contribution in [1.29, 1.82) is 5.26 Å². The van der Waals surface area contributed by atoms with Gasteiger partial charge in [0, 0.05) is 33.9 Å². The third-order valence-electron chi connectivity index (χ3n) is 5.75. The van der Waals surface area contributed by atoms with Crippen LogP contribution in [0.1, 0.15) is 24.2 Å². The van der Waals surface area contributed by atoms with Gasteiger partial charge >= 0.3 is 0 Å². The van der Waals surface area contributed by atoms with Crippen LogP contribution in [0.15, 0.2) is 28.9 Å². The van der Waals surface area contributed by atoms with Crippen LogP contribution >= 0.6 is 27.7 Å². The van der Waals surface area contributed by atoms with E-state index in [0.717, 1.165) is 10.2 Å². The van der Waals surface area contributed by atoms with E-state index in [9.17, 15) is 14.9 Å². The van der Waals surface area contributed by atoms with Gasteiger partial charge in [-0.1, -0.05) is 0 Å². The lowest BCUT2D eigenvalue weighted by atomic mass is 10.0. The normalized spacial score (nSPS) is 23.2. The fourth-order valence-electron chi connectivity index (χ4n) is 4.18. The summed E-state index contributed by atoms with van der Waals surface area (Å²) in [6, 6.07) is 7.62. The summed E-state index contributed by atoms with van der Waals surface area (Å²) in [7, 11) is 0. The van der Waals surface area contributed by atoms with E-state index >= 15 is 0 Å². The lowest BCUT2D eigenvalue weighted by Crippen LogP contribution is -2.49. The molecule has 0 spiro atoms. The van der Waals surface area contributed by atoms with Crippen molar-refractivity contribution in [3.63, 3.8) is 0 Å². The molecule has 8 nitrogen and oxygen atoms in total. The van der Waals surface area contributed by atoms with E-state index in [2.05, 4.69) is 51.0 Å². The van der Waals surface area contributed by atoms with Gasteiger partial charge < -0.3 is 19.9 Å².